The Bertz CT molecular complexity index is 835. The average Bonchev–Trinajstić information content (AvgIpc) is 3.29. The lowest BCUT2D eigenvalue weighted by molar-refractivity contribution is -0.124. The van der Waals surface area contributed by atoms with Crippen molar-refractivity contribution in [2.75, 3.05) is 13.1 Å². The van der Waals surface area contributed by atoms with Crippen molar-refractivity contribution in [1.82, 2.24) is 15.2 Å². The van der Waals surface area contributed by atoms with Gasteiger partial charge < -0.3 is 10.2 Å². The quantitative estimate of drug-likeness (QED) is 0.645. The summed E-state index contributed by atoms with van der Waals surface area (Å²) in [6.45, 7) is 3.15. The zero-order valence-corrected chi connectivity index (χ0v) is 18.0. The molecule has 1 aromatic carbocycles. The van der Waals surface area contributed by atoms with Crippen molar-refractivity contribution < 1.29 is 9.59 Å². The number of carbonyl (C=O) groups is 2. The zero-order chi connectivity index (χ0) is 20.1. The molecule has 0 bridgehead atoms. The van der Waals surface area contributed by atoms with Crippen LogP contribution in [0.15, 0.2) is 23.6 Å². The molecule has 5 nitrogen and oxygen atoms in total. The van der Waals surface area contributed by atoms with Gasteiger partial charge in [0.05, 0.1) is 5.01 Å². The van der Waals surface area contributed by atoms with Crippen LogP contribution in [0.4, 0.5) is 0 Å². The number of likely N-dealkylation sites (tertiary alicyclic amines) is 1. The van der Waals surface area contributed by atoms with E-state index < -0.39 is 6.04 Å². The van der Waals surface area contributed by atoms with Gasteiger partial charge in [-0.25, -0.2) is 4.98 Å². The molecule has 0 aliphatic carbocycles. The average molecular weight is 440 g/mol. The summed E-state index contributed by atoms with van der Waals surface area (Å²) in [4.78, 5) is 31.5. The van der Waals surface area contributed by atoms with Gasteiger partial charge in [0.2, 0.25) is 5.91 Å². The highest BCUT2D eigenvalue weighted by Crippen LogP contribution is 2.24. The summed E-state index contributed by atoms with van der Waals surface area (Å²) in [6, 6.07) is 4.32. The Balaban J connectivity index is 1.49. The Morgan fingerprint density at radius 2 is 2.00 bits per heavy atom. The van der Waals surface area contributed by atoms with Gasteiger partial charge in [-0.3, -0.25) is 9.59 Å². The zero-order valence-electron chi connectivity index (χ0n) is 15.7. The van der Waals surface area contributed by atoms with Gasteiger partial charge in [-0.15, -0.1) is 11.3 Å². The molecule has 3 rings (SSSR count). The summed E-state index contributed by atoms with van der Waals surface area (Å²) in [6.07, 6.45) is 4.26. The van der Waals surface area contributed by atoms with E-state index in [0.717, 1.165) is 36.4 Å². The number of nitrogens with one attached hydrogen (secondary N) is 1. The number of carbonyl (C=O) groups excluding carboxylic acids is 2. The van der Waals surface area contributed by atoms with Crippen LogP contribution >= 0.6 is 34.5 Å². The lowest BCUT2D eigenvalue weighted by Gasteiger charge is -2.24. The summed E-state index contributed by atoms with van der Waals surface area (Å²) < 4.78 is 0. The first kappa shape index (κ1) is 21.1. The van der Waals surface area contributed by atoms with Gasteiger partial charge in [-0.05, 0) is 57.2 Å². The van der Waals surface area contributed by atoms with Crippen LogP contribution in [-0.2, 0) is 11.2 Å². The number of hydrogen-bond donors (Lipinski definition) is 1. The second-order valence-corrected chi connectivity index (χ2v) is 8.76. The first-order chi connectivity index (χ1) is 13.4. The second-order valence-electron chi connectivity index (χ2n) is 6.95. The van der Waals surface area contributed by atoms with E-state index in [1.165, 1.54) is 0 Å². The Morgan fingerprint density at radius 1 is 1.25 bits per heavy atom. The molecular weight excluding hydrogens is 417 g/mol. The Morgan fingerprint density at radius 3 is 2.68 bits per heavy atom. The van der Waals surface area contributed by atoms with E-state index in [1.54, 1.807) is 34.4 Å². The lowest BCUT2D eigenvalue weighted by Crippen LogP contribution is -2.46. The summed E-state index contributed by atoms with van der Waals surface area (Å²) >= 11 is 13.7. The fourth-order valence-electron chi connectivity index (χ4n) is 3.37. The van der Waals surface area contributed by atoms with Crippen LogP contribution in [0.25, 0.3) is 0 Å². The third-order valence-corrected chi connectivity index (χ3v) is 6.17. The van der Waals surface area contributed by atoms with Gasteiger partial charge in [0.1, 0.15) is 6.04 Å². The molecule has 2 heterocycles. The van der Waals surface area contributed by atoms with Crippen molar-refractivity contribution in [2.24, 2.45) is 0 Å². The summed E-state index contributed by atoms with van der Waals surface area (Å²) in [7, 11) is 0. The van der Waals surface area contributed by atoms with Gasteiger partial charge >= 0.3 is 0 Å². The number of hydrogen-bond acceptors (Lipinski definition) is 4. The van der Waals surface area contributed by atoms with E-state index in [2.05, 4.69) is 15.7 Å². The van der Waals surface area contributed by atoms with E-state index in [9.17, 15) is 9.59 Å². The number of amides is 2. The molecule has 1 atom stereocenters. The standard InChI is InChI=1S/C20H23Cl2N3O2S/c1-13-12-28-18(24-13)6-2-3-7-23-19(26)17-5-4-8-25(17)20(27)14-9-15(21)11-16(22)10-14/h9-12,17H,2-8H2,1H3,(H,23,26). The number of benzene rings is 1. The lowest BCUT2D eigenvalue weighted by atomic mass is 10.1. The minimum Gasteiger partial charge on any atom is -0.354 e. The van der Waals surface area contributed by atoms with Gasteiger partial charge in [0, 0.05) is 39.8 Å². The molecule has 1 aliphatic rings. The molecule has 1 aromatic heterocycles. The monoisotopic (exact) mass is 439 g/mol. The molecular formula is C20H23Cl2N3O2S. The molecule has 0 radical (unpaired) electrons. The largest absolute Gasteiger partial charge is 0.354 e. The number of thiazole rings is 1. The van der Waals surface area contributed by atoms with Crippen LogP contribution in [0.1, 0.15) is 46.7 Å². The Hall–Kier alpha value is -1.63. The molecule has 8 heteroatoms. The third-order valence-electron chi connectivity index (χ3n) is 4.71. The molecule has 1 N–H and O–H groups in total. The summed E-state index contributed by atoms with van der Waals surface area (Å²) in [5.74, 6) is -0.301. The highest BCUT2D eigenvalue weighted by atomic mass is 35.5. The highest BCUT2D eigenvalue weighted by molar-refractivity contribution is 7.09. The van der Waals surface area contributed by atoms with Crippen LogP contribution in [0, 0.1) is 6.92 Å². The van der Waals surface area contributed by atoms with E-state index in [-0.39, 0.29) is 11.8 Å². The summed E-state index contributed by atoms with van der Waals surface area (Å²) in [5.41, 5.74) is 1.47. The van der Waals surface area contributed by atoms with E-state index >= 15 is 0 Å². The van der Waals surface area contributed by atoms with Crippen molar-refractivity contribution in [3.05, 3.63) is 49.9 Å². The minimum atomic E-state index is -0.438. The number of rotatable bonds is 7. The molecule has 2 amide bonds. The number of halogens is 2. The molecule has 150 valence electrons. The van der Waals surface area contributed by atoms with Crippen LogP contribution in [0.3, 0.4) is 0 Å². The fraction of sp³-hybridized carbons (Fsp3) is 0.450. The first-order valence-electron chi connectivity index (χ1n) is 9.40. The van der Waals surface area contributed by atoms with Crippen molar-refractivity contribution in [3.8, 4) is 0 Å². The Labute approximate surface area is 179 Å². The van der Waals surface area contributed by atoms with Crippen molar-refractivity contribution in [2.45, 2.75) is 45.1 Å². The van der Waals surface area contributed by atoms with Gasteiger partial charge in [0.25, 0.3) is 5.91 Å². The Kier molecular flexibility index (Phi) is 7.32. The third kappa shape index (κ3) is 5.46. The minimum absolute atomic E-state index is 0.0935. The van der Waals surface area contributed by atoms with E-state index in [1.807, 2.05) is 6.92 Å². The molecule has 0 spiro atoms. The number of nitrogens with zero attached hydrogens (tertiary/aromatic N) is 2. The van der Waals surface area contributed by atoms with Crippen molar-refractivity contribution in [1.29, 1.82) is 0 Å². The molecule has 1 aliphatic heterocycles. The van der Waals surface area contributed by atoms with Crippen LogP contribution in [0.5, 0.6) is 0 Å². The van der Waals surface area contributed by atoms with Crippen molar-refractivity contribution in [3.63, 3.8) is 0 Å². The van der Waals surface area contributed by atoms with Crippen LogP contribution < -0.4 is 5.32 Å². The topological polar surface area (TPSA) is 62.3 Å². The number of aryl methyl sites for hydroxylation is 2. The van der Waals surface area contributed by atoms with E-state index in [0.29, 0.717) is 35.1 Å². The highest BCUT2D eigenvalue weighted by Gasteiger charge is 2.34. The molecule has 1 saturated heterocycles. The summed E-state index contributed by atoms with van der Waals surface area (Å²) in [5, 5.41) is 6.98. The number of aromatic nitrogens is 1. The maximum atomic E-state index is 12.8. The SMILES string of the molecule is Cc1csc(CCCCNC(=O)C2CCCN2C(=O)c2cc(Cl)cc(Cl)c2)n1. The van der Waals surface area contributed by atoms with E-state index in [4.69, 9.17) is 23.2 Å². The molecule has 1 unspecified atom stereocenters. The molecule has 28 heavy (non-hydrogen) atoms. The maximum absolute atomic E-state index is 12.8. The normalized spacial score (nSPS) is 16.4. The molecule has 0 saturated carbocycles. The van der Waals surface area contributed by atoms with Gasteiger partial charge in [0.15, 0.2) is 0 Å². The van der Waals surface area contributed by atoms with Gasteiger partial charge in [-0.2, -0.15) is 0 Å². The predicted molar refractivity (Wildman–Crippen MR) is 113 cm³/mol. The smallest absolute Gasteiger partial charge is 0.254 e. The molecule has 2 aromatic rings. The van der Waals surface area contributed by atoms with Crippen molar-refractivity contribution >= 4 is 46.4 Å². The van der Waals surface area contributed by atoms with Crippen LogP contribution in [0.2, 0.25) is 10.0 Å². The fourth-order valence-corrected chi connectivity index (χ4v) is 4.72. The van der Waals surface area contributed by atoms with Gasteiger partial charge in [-0.1, -0.05) is 23.2 Å². The molecule has 1 fully saturated rings. The second kappa shape index (κ2) is 9.72. The first-order valence-corrected chi connectivity index (χ1v) is 11.0. The number of unbranched alkanes of at least 4 members (excludes halogenated alkanes) is 1. The maximum Gasteiger partial charge on any atom is 0.254 e. The predicted octanol–water partition coefficient (Wildman–Crippen LogP) is 4.50. The van der Waals surface area contributed by atoms with Crippen LogP contribution in [-0.4, -0.2) is 40.8 Å².